The molecule has 0 atom stereocenters. The quantitative estimate of drug-likeness (QED) is 0.286. The van der Waals surface area contributed by atoms with Crippen molar-refractivity contribution in [3.05, 3.63) is 96.2 Å². The Kier molecular flexibility index (Phi) is 6.85. The van der Waals surface area contributed by atoms with Gasteiger partial charge in [0.1, 0.15) is 0 Å². The second-order valence-electron chi connectivity index (χ2n) is 7.87. The maximum Gasteiger partial charge on any atom is 0.217 e. The summed E-state index contributed by atoms with van der Waals surface area (Å²) >= 11 is 0. The van der Waals surface area contributed by atoms with E-state index in [1.165, 1.54) is 58.1 Å². The van der Waals surface area contributed by atoms with E-state index in [9.17, 15) is 0 Å². The van der Waals surface area contributed by atoms with Crippen LogP contribution >= 0.6 is 0 Å². The summed E-state index contributed by atoms with van der Waals surface area (Å²) < 4.78 is 2.58. The van der Waals surface area contributed by atoms with Crippen molar-refractivity contribution < 1.29 is 4.57 Å². The highest BCUT2D eigenvalue weighted by atomic mass is 15.0. The van der Waals surface area contributed by atoms with Gasteiger partial charge in [0.2, 0.25) is 11.2 Å². The molecular weight excluding hydrogens is 386 g/mol. The van der Waals surface area contributed by atoms with E-state index >= 15 is 0 Å². The van der Waals surface area contributed by atoms with Gasteiger partial charge < -0.3 is 0 Å². The Balaban J connectivity index is 0.000000582. The molecule has 4 aromatic rings. The molecular formula is C31H34N+. The SMILES string of the molecule is CC.CC.c1ccc(-c2c(-c3ccccc3)c3ccccc3[n+]3c2C2=C(CCC2)C3)cc1. The van der Waals surface area contributed by atoms with Crippen LogP contribution in [-0.2, 0) is 6.54 Å². The average molecular weight is 421 g/mol. The zero-order valence-electron chi connectivity index (χ0n) is 19.9. The number of hydrogen-bond donors (Lipinski definition) is 0. The van der Waals surface area contributed by atoms with Crippen molar-refractivity contribution in [1.29, 1.82) is 0 Å². The van der Waals surface area contributed by atoms with Gasteiger partial charge in [-0.1, -0.05) is 100 Å². The second-order valence-corrected chi connectivity index (χ2v) is 7.87. The van der Waals surface area contributed by atoms with Crippen molar-refractivity contribution >= 4 is 16.5 Å². The normalized spacial score (nSPS) is 13.6. The van der Waals surface area contributed by atoms with Crippen molar-refractivity contribution in [2.45, 2.75) is 53.5 Å². The molecule has 1 aliphatic heterocycles. The first kappa shape index (κ1) is 22.0. The molecule has 3 aromatic carbocycles. The lowest BCUT2D eigenvalue weighted by molar-refractivity contribution is -0.660. The molecule has 32 heavy (non-hydrogen) atoms. The number of fused-ring (bicyclic) bond motifs is 4. The van der Waals surface area contributed by atoms with Gasteiger partial charge in [-0.05, 0) is 36.5 Å². The summed E-state index contributed by atoms with van der Waals surface area (Å²) in [5, 5.41) is 1.34. The van der Waals surface area contributed by atoms with Crippen LogP contribution in [0.15, 0.2) is 90.5 Å². The average Bonchev–Trinajstić information content (AvgIpc) is 3.49. The first-order valence-electron chi connectivity index (χ1n) is 12.2. The Hall–Kier alpha value is -3.19. The van der Waals surface area contributed by atoms with Gasteiger partial charge >= 0.3 is 0 Å². The predicted octanol–water partition coefficient (Wildman–Crippen LogP) is 8.46. The van der Waals surface area contributed by atoms with E-state index in [1.807, 2.05) is 27.7 Å². The molecule has 0 N–H and O–H groups in total. The minimum atomic E-state index is 1.06. The lowest BCUT2D eigenvalue weighted by atomic mass is 9.88. The van der Waals surface area contributed by atoms with Crippen LogP contribution in [0.4, 0.5) is 0 Å². The topological polar surface area (TPSA) is 3.88 Å². The van der Waals surface area contributed by atoms with Crippen LogP contribution in [0.2, 0.25) is 0 Å². The number of nitrogens with zero attached hydrogens (tertiary/aromatic N) is 1. The molecule has 1 heteroatoms. The molecule has 0 fully saturated rings. The third kappa shape index (κ3) is 3.66. The largest absolute Gasteiger partial charge is 0.217 e. The van der Waals surface area contributed by atoms with Crippen LogP contribution in [0.1, 0.15) is 52.7 Å². The van der Waals surface area contributed by atoms with E-state index in [1.54, 1.807) is 11.1 Å². The third-order valence-corrected chi connectivity index (χ3v) is 6.31. The van der Waals surface area contributed by atoms with Crippen molar-refractivity contribution in [3.8, 4) is 22.3 Å². The minimum Gasteiger partial charge on any atom is -0.187 e. The smallest absolute Gasteiger partial charge is 0.187 e. The molecule has 0 bridgehead atoms. The number of para-hydroxylation sites is 1. The fraction of sp³-hybridized carbons (Fsp3) is 0.258. The van der Waals surface area contributed by atoms with E-state index in [-0.39, 0.29) is 0 Å². The molecule has 0 saturated carbocycles. The van der Waals surface area contributed by atoms with E-state index < -0.39 is 0 Å². The van der Waals surface area contributed by atoms with Gasteiger partial charge in [0.15, 0.2) is 6.54 Å². The maximum atomic E-state index is 2.58. The maximum absolute atomic E-state index is 2.58. The number of hydrogen-bond acceptors (Lipinski definition) is 0. The third-order valence-electron chi connectivity index (χ3n) is 6.31. The minimum absolute atomic E-state index is 1.06. The van der Waals surface area contributed by atoms with E-state index in [0.717, 1.165) is 6.54 Å². The highest BCUT2D eigenvalue weighted by Crippen LogP contribution is 2.46. The Bertz CT molecular complexity index is 1230. The summed E-state index contributed by atoms with van der Waals surface area (Å²) in [4.78, 5) is 0. The van der Waals surface area contributed by atoms with Crippen molar-refractivity contribution in [3.63, 3.8) is 0 Å². The zero-order valence-corrected chi connectivity index (χ0v) is 19.9. The number of aromatic nitrogens is 1. The van der Waals surface area contributed by atoms with E-state index in [4.69, 9.17) is 0 Å². The standard InChI is InChI=1S/C27H22N.2C2H6/c1-3-10-19(11-4-1)25-23-15-7-8-17-24(23)28-18-21-14-9-16-22(21)27(28)26(25)20-12-5-2-6-13-20;2*1-2/h1-8,10-13,15,17H,9,14,16,18H2;2*1-2H3/q+1;;. The molecule has 0 amide bonds. The number of rotatable bonds is 2. The van der Waals surface area contributed by atoms with Crippen LogP contribution in [0.3, 0.4) is 0 Å². The van der Waals surface area contributed by atoms with Crippen LogP contribution in [0.25, 0.3) is 38.7 Å². The zero-order chi connectivity index (χ0) is 22.5. The lowest BCUT2D eigenvalue weighted by Gasteiger charge is -2.16. The summed E-state index contributed by atoms with van der Waals surface area (Å²) in [5.74, 6) is 0. The Morgan fingerprint density at radius 3 is 1.81 bits per heavy atom. The first-order valence-corrected chi connectivity index (χ1v) is 12.2. The van der Waals surface area contributed by atoms with E-state index in [0.29, 0.717) is 0 Å². The van der Waals surface area contributed by atoms with Crippen LogP contribution in [0.5, 0.6) is 0 Å². The summed E-state index contributed by atoms with van der Waals surface area (Å²) in [5.41, 5.74) is 11.4. The van der Waals surface area contributed by atoms with Gasteiger partial charge in [-0.2, -0.15) is 4.57 Å². The Morgan fingerprint density at radius 2 is 1.16 bits per heavy atom. The van der Waals surface area contributed by atoms with Gasteiger partial charge in [-0.3, -0.25) is 0 Å². The van der Waals surface area contributed by atoms with Crippen molar-refractivity contribution in [2.75, 3.05) is 0 Å². The molecule has 2 heterocycles. The number of benzene rings is 3. The van der Waals surface area contributed by atoms with Crippen LogP contribution < -0.4 is 4.57 Å². The van der Waals surface area contributed by atoms with Gasteiger partial charge in [0.25, 0.3) is 0 Å². The fourth-order valence-electron chi connectivity index (χ4n) is 5.15. The van der Waals surface area contributed by atoms with E-state index in [2.05, 4.69) is 89.5 Å². The molecule has 0 spiro atoms. The highest BCUT2D eigenvalue weighted by molar-refractivity contribution is 6.04. The van der Waals surface area contributed by atoms with Crippen LogP contribution in [0, 0.1) is 0 Å². The molecule has 0 radical (unpaired) electrons. The number of pyridine rings is 1. The van der Waals surface area contributed by atoms with Gasteiger partial charge in [-0.25, -0.2) is 0 Å². The fourth-order valence-corrected chi connectivity index (χ4v) is 5.15. The second kappa shape index (κ2) is 9.96. The molecule has 2 aliphatic rings. The van der Waals surface area contributed by atoms with Gasteiger partial charge in [0, 0.05) is 22.8 Å². The predicted molar refractivity (Wildman–Crippen MR) is 138 cm³/mol. The highest BCUT2D eigenvalue weighted by Gasteiger charge is 2.38. The summed E-state index contributed by atoms with van der Waals surface area (Å²) in [6.45, 7) is 9.06. The number of allylic oxidation sites excluding steroid dienone is 2. The molecule has 1 nitrogen and oxygen atoms in total. The molecule has 0 saturated heterocycles. The van der Waals surface area contributed by atoms with Gasteiger partial charge in [0.05, 0.1) is 10.9 Å². The molecule has 1 aliphatic carbocycles. The Labute approximate surface area is 193 Å². The van der Waals surface area contributed by atoms with Crippen LogP contribution in [-0.4, -0.2) is 0 Å². The lowest BCUT2D eigenvalue weighted by Crippen LogP contribution is -2.37. The molecule has 6 rings (SSSR count). The molecule has 1 aromatic heterocycles. The van der Waals surface area contributed by atoms with Gasteiger partial charge in [-0.15, -0.1) is 0 Å². The summed E-state index contributed by atoms with van der Waals surface area (Å²) in [6.07, 6.45) is 3.76. The van der Waals surface area contributed by atoms with Crippen molar-refractivity contribution in [2.24, 2.45) is 0 Å². The summed E-state index contributed by atoms with van der Waals surface area (Å²) in [6, 6.07) is 30.8. The van der Waals surface area contributed by atoms with Crippen molar-refractivity contribution in [1.82, 2.24) is 0 Å². The Morgan fingerprint density at radius 1 is 0.594 bits per heavy atom. The monoisotopic (exact) mass is 420 g/mol. The first-order chi connectivity index (χ1) is 15.9. The molecule has 0 unspecified atom stereocenters. The summed E-state index contributed by atoms with van der Waals surface area (Å²) in [7, 11) is 0. The molecule has 162 valence electrons.